The number of fused-ring (bicyclic) bond motifs is 1. The highest BCUT2D eigenvalue weighted by molar-refractivity contribution is 5.80. The number of ether oxygens (including phenoxy) is 1. The zero-order valence-electron chi connectivity index (χ0n) is 15.1. The number of benzene rings is 1. The molecule has 7 nitrogen and oxygen atoms in total. The van der Waals surface area contributed by atoms with Crippen molar-refractivity contribution in [1.29, 1.82) is 0 Å². The fraction of sp³-hybridized carbons (Fsp3) is 0.500. The van der Waals surface area contributed by atoms with Crippen LogP contribution in [0, 0.1) is 6.92 Å². The summed E-state index contributed by atoms with van der Waals surface area (Å²) in [6.07, 6.45) is 3.61. The van der Waals surface area contributed by atoms with Gasteiger partial charge >= 0.3 is 0 Å². The van der Waals surface area contributed by atoms with Gasteiger partial charge in [0.2, 0.25) is 0 Å². The van der Waals surface area contributed by atoms with Crippen LogP contribution in [0.3, 0.4) is 0 Å². The van der Waals surface area contributed by atoms with Crippen molar-refractivity contribution in [3.63, 3.8) is 0 Å². The van der Waals surface area contributed by atoms with Crippen molar-refractivity contribution in [1.82, 2.24) is 25.4 Å². The molecule has 0 bridgehead atoms. The molecule has 0 aliphatic carbocycles. The lowest BCUT2D eigenvalue weighted by atomic mass is 10.1. The summed E-state index contributed by atoms with van der Waals surface area (Å²) in [4.78, 5) is 8.57. The van der Waals surface area contributed by atoms with Crippen LogP contribution in [0.15, 0.2) is 35.6 Å². The van der Waals surface area contributed by atoms with Crippen molar-refractivity contribution in [3.05, 3.63) is 42.0 Å². The highest BCUT2D eigenvalue weighted by atomic mass is 16.5. The molecule has 1 aliphatic rings. The molecule has 2 aromatic rings. The summed E-state index contributed by atoms with van der Waals surface area (Å²) in [5.74, 6) is 2.72. The molecule has 25 heavy (non-hydrogen) atoms. The van der Waals surface area contributed by atoms with Gasteiger partial charge in [-0.15, -0.1) is 0 Å². The first-order valence-electron chi connectivity index (χ1n) is 8.71. The van der Waals surface area contributed by atoms with Crippen molar-refractivity contribution in [2.45, 2.75) is 45.4 Å². The Morgan fingerprint density at radius 1 is 1.40 bits per heavy atom. The minimum absolute atomic E-state index is 0.0366. The van der Waals surface area contributed by atoms with E-state index in [-0.39, 0.29) is 6.10 Å². The van der Waals surface area contributed by atoms with E-state index in [1.54, 1.807) is 13.4 Å². The third-order valence-electron chi connectivity index (χ3n) is 4.29. The summed E-state index contributed by atoms with van der Waals surface area (Å²) in [6.45, 7) is 5.60. The maximum absolute atomic E-state index is 5.92. The van der Waals surface area contributed by atoms with Crippen LogP contribution in [0.25, 0.3) is 0 Å². The van der Waals surface area contributed by atoms with Gasteiger partial charge in [-0.05, 0) is 32.4 Å². The predicted octanol–water partition coefficient (Wildman–Crippen LogP) is 1.53. The highest BCUT2D eigenvalue weighted by Gasteiger charge is 2.20. The first-order valence-corrected chi connectivity index (χ1v) is 8.71. The smallest absolute Gasteiger partial charge is 0.191 e. The van der Waals surface area contributed by atoms with Gasteiger partial charge in [0.1, 0.15) is 24.0 Å². The van der Waals surface area contributed by atoms with E-state index in [0.29, 0.717) is 12.6 Å². The number of rotatable bonds is 5. The van der Waals surface area contributed by atoms with E-state index in [0.717, 1.165) is 36.9 Å². The third kappa shape index (κ3) is 4.71. The van der Waals surface area contributed by atoms with Crippen LogP contribution in [0.2, 0.25) is 0 Å². The molecule has 2 N–H and O–H groups in total. The summed E-state index contributed by atoms with van der Waals surface area (Å²) in [5, 5.41) is 11.0. The van der Waals surface area contributed by atoms with Gasteiger partial charge in [0, 0.05) is 19.5 Å². The van der Waals surface area contributed by atoms with E-state index in [1.807, 2.05) is 23.7 Å². The molecule has 0 spiro atoms. The minimum Gasteiger partial charge on any atom is -0.489 e. The maximum atomic E-state index is 5.92. The van der Waals surface area contributed by atoms with E-state index >= 15 is 0 Å². The number of hydrogen-bond acceptors (Lipinski definition) is 4. The van der Waals surface area contributed by atoms with Crippen molar-refractivity contribution in [2.24, 2.45) is 4.99 Å². The van der Waals surface area contributed by atoms with Gasteiger partial charge < -0.3 is 15.4 Å². The summed E-state index contributed by atoms with van der Waals surface area (Å²) in [5.41, 5.74) is 1.23. The number of aryl methyl sites for hydroxylation is 2. The number of aliphatic imine (C=N–C) groups is 1. The summed E-state index contributed by atoms with van der Waals surface area (Å²) in [7, 11) is 1.78. The first-order chi connectivity index (χ1) is 12.1. The Kier molecular flexibility index (Phi) is 5.53. The summed E-state index contributed by atoms with van der Waals surface area (Å²) in [6, 6.07) is 8.40. The van der Waals surface area contributed by atoms with Crippen LogP contribution in [0.5, 0.6) is 5.75 Å². The van der Waals surface area contributed by atoms with Gasteiger partial charge in [-0.2, -0.15) is 5.10 Å². The van der Waals surface area contributed by atoms with Gasteiger partial charge in [0.15, 0.2) is 5.96 Å². The molecule has 2 unspecified atom stereocenters. The van der Waals surface area contributed by atoms with Crippen LogP contribution in [0.1, 0.15) is 24.7 Å². The zero-order chi connectivity index (χ0) is 17.6. The van der Waals surface area contributed by atoms with Crippen LogP contribution in [0.4, 0.5) is 0 Å². The lowest BCUT2D eigenvalue weighted by molar-refractivity contribution is 0.223. The molecule has 0 saturated heterocycles. The fourth-order valence-electron chi connectivity index (χ4n) is 2.87. The molecule has 2 heterocycles. The van der Waals surface area contributed by atoms with Gasteiger partial charge in [-0.3, -0.25) is 4.99 Å². The Hall–Kier alpha value is -2.57. The second-order valence-electron chi connectivity index (χ2n) is 6.43. The first kappa shape index (κ1) is 17.3. The van der Waals surface area contributed by atoms with Gasteiger partial charge in [0.25, 0.3) is 0 Å². The maximum Gasteiger partial charge on any atom is 0.191 e. The monoisotopic (exact) mass is 342 g/mol. The quantitative estimate of drug-likeness (QED) is 0.637. The molecule has 3 rings (SSSR count). The van der Waals surface area contributed by atoms with Crippen molar-refractivity contribution in [2.75, 3.05) is 13.6 Å². The van der Waals surface area contributed by atoms with E-state index in [1.165, 1.54) is 5.56 Å². The molecule has 0 saturated carbocycles. The molecule has 1 aromatic heterocycles. The Bertz CT molecular complexity index is 709. The van der Waals surface area contributed by atoms with Crippen LogP contribution in [-0.4, -0.2) is 46.5 Å². The number of aromatic nitrogens is 3. The molecule has 0 radical (unpaired) electrons. The topological polar surface area (TPSA) is 76.4 Å². The second-order valence-corrected chi connectivity index (χ2v) is 6.43. The Morgan fingerprint density at radius 2 is 2.20 bits per heavy atom. The van der Waals surface area contributed by atoms with Crippen LogP contribution < -0.4 is 15.4 Å². The SMILES string of the molecule is CN=C(NCC(C)Oc1ccc(C)cc1)NC1CCc2ncnn2C1. The lowest BCUT2D eigenvalue weighted by Crippen LogP contribution is -2.48. The second kappa shape index (κ2) is 8.00. The average Bonchev–Trinajstić information content (AvgIpc) is 3.08. The molecule has 0 fully saturated rings. The van der Waals surface area contributed by atoms with Crippen LogP contribution in [-0.2, 0) is 13.0 Å². The van der Waals surface area contributed by atoms with Gasteiger partial charge in [0.05, 0.1) is 13.1 Å². The predicted molar refractivity (Wildman–Crippen MR) is 97.9 cm³/mol. The fourth-order valence-corrected chi connectivity index (χ4v) is 2.87. The number of hydrogen-bond donors (Lipinski definition) is 2. The number of nitrogens with zero attached hydrogens (tertiary/aromatic N) is 4. The molecule has 0 amide bonds. The molecule has 134 valence electrons. The van der Waals surface area contributed by atoms with Crippen molar-refractivity contribution < 1.29 is 4.74 Å². The van der Waals surface area contributed by atoms with Crippen molar-refractivity contribution >= 4 is 5.96 Å². The Morgan fingerprint density at radius 3 is 2.96 bits per heavy atom. The molecule has 7 heteroatoms. The van der Waals surface area contributed by atoms with E-state index in [9.17, 15) is 0 Å². The number of nitrogens with one attached hydrogen (secondary N) is 2. The van der Waals surface area contributed by atoms with Crippen molar-refractivity contribution in [3.8, 4) is 5.75 Å². The molecule has 1 aromatic carbocycles. The normalized spacial score (nSPS) is 18.4. The molecular formula is C18H26N6O. The summed E-state index contributed by atoms with van der Waals surface area (Å²) >= 11 is 0. The van der Waals surface area contributed by atoms with E-state index < -0.39 is 0 Å². The summed E-state index contributed by atoms with van der Waals surface area (Å²) < 4.78 is 7.88. The number of guanidine groups is 1. The van der Waals surface area contributed by atoms with E-state index in [2.05, 4.69) is 44.8 Å². The van der Waals surface area contributed by atoms with Crippen LogP contribution >= 0.6 is 0 Å². The van der Waals surface area contributed by atoms with E-state index in [4.69, 9.17) is 4.74 Å². The highest BCUT2D eigenvalue weighted by Crippen LogP contribution is 2.13. The standard InChI is InChI=1S/C18H26N6O/c1-13-4-7-16(8-5-13)25-14(2)10-20-18(19-3)23-15-6-9-17-21-12-22-24(17)11-15/h4-5,7-8,12,14-15H,6,9-11H2,1-3H3,(H2,19,20,23). The minimum atomic E-state index is 0.0366. The molecular weight excluding hydrogens is 316 g/mol. The third-order valence-corrected chi connectivity index (χ3v) is 4.29. The average molecular weight is 342 g/mol. The van der Waals surface area contributed by atoms with Gasteiger partial charge in [-0.25, -0.2) is 9.67 Å². The zero-order valence-corrected chi connectivity index (χ0v) is 15.1. The van der Waals surface area contributed by atoms with Gasteiger partial charge in [-0.1, -0.05) is 17.7 Å². The molecule has 2 atom stereocenters. The molecule has 1 aliphatic heterocycles. The largest absolute Gasteiger partial charge is 0.489 e. The Balaban J connectivity index is 1.45. The lowest BCUT2D eigenvalue weighted by Gasteiger charge is -2.26. The Labute approximate surface area is 148 Å².